The van der Waals surface area contributed by atoms with Crippen LogP contribution in [-0.2, 0) is 9.59 Å². The van der Waals surface area contributed by atoms with Crippen LogP contribution in [0.4, 0.5) is 30.2 Å². The Labute approximate surface area is 210 Å². The molecule has 10 heteroatoms. The lowest BCUT2D eigenvalue weighted by Gasteiger charge is -2.32. The number of anilines is 3. The minimum atomic E-state index is -5.08. The van der Waals surface area contributed by atoms with E-state index in [2.05, 4.69) is 34.9 Å². The summed E-state index contributed by atoms with van der Waals surface area (Å²) in [5.74, 6) is -2.44. The lowest BCUT2D eigenvalue weighted by atomic mass is 9.73. The third-order valence-electron chi connectivity index (χ3n) is 8.47. The number of nitrogens with zero attached hydrogens (tertiary/aromatic N) is 3. The first kappa shape index (κ1) is 26.6. The highest BCUT2D eigenvalue weighted by Gasteiger charge is 2.47. The number of alkyl halides is 3. The molecule has 7 nitrogen and oxygen atoms in total. The molecular formula is C26H37F3N4O3. The smallest absolute Gasteiger partial charge is 0.475 e. The minimum Gasteiger partial charge on any atom is -0.475 e. The number of hydrogen-bond acceptors (Lipinski definition) is 5. The van der Waals surface area contributed by atoms with E-state index in [1.807, 2.05) is 4.90 Å². The molecule has 3 aliphatic heterocycles. The van der Waals surface area contributed by atoms with Crippen molar-refractivity contribution in [2.75, 3.05) is 41.7 Å². The van der Waals surface area contributed by atoms with Crippen LogP contribution >= 0.6 is 0 Å². The highest BCUT2D eigenvalue weighted by atomic mass is 19.4. The van der Waals surface area contributed by atoms with Gasteiger partial charge in [-0.3, -0.25) is 9.69 Å². The second kappa shape index (κ2) is 10.5. The van der Waals surface area contributed by atoms with Crippen LogP contribution in [0.15, 0.2) is 18.2 Å². The monoisotopic (exact) mass is 510 g/mol. The van der Waals surface area contributed by atoms with E-state index in [9.17, 15) is 18.0 Å². The number of amides is 1. The average molecular weight is 511 g/mol. The third-order valence-corrected chi connectivity index (χ3v) is 8.47. The zero-order valence-electron chi connectivity index (χ0n) is 20.9. The van der Waals surface area contributed by atoms with Gasteiger partial charge in [-0.1, -0.05) is 19.3 Å². The molecule has 1 aromatic carbocycles. The molecule has 3 N–H and O–H groups in total. The number of nitrogens with two attached hydrogens (primary N) is 1. The molecule has 5 rings (SSSR count). The van der Waals surface area contributed by atoms with Crippen molar-refractivity contribution in [3.63, 3.8) is 0 Å². The van der Waals surface area contributed by atoms with Gasteiger partial charge in [0.2, 0.25) is 5.91 Å². The summed E-state index contributed by atoms with van der Waals surface area (Å²) in [5.41, 5.74) is 9.28. The summed E-state index contributed by atoms with van der Waals surface area (Å²) in [6, 6.07) is 7.77. The Morgan fingerprint density at radius 2 is 1.75 bits per heavy atom. The zero-order valence-corrected chi connectivity index (χ0v) is 20.9. The topological polar surface area (TPSA) is 90.1 Å². The van der Waals surface area contributed by atoms with Crippen LogP contribution in [0.2, 0.25) is 0 Å². The van der Waals surface area contributed by atoms with Gasteiger partial charge in [0.15, 0.2) is 0 Å². The summed E-state index contributed by atoms with van der Waals surface area (Å²) in [5, 5.41) is 7.12. The fourth-order valence-electron chi connectivity index (χ4n) is 6.47. The Hall–Kier alpha value is -2.49. The van der Waals surface area contributed by atoms with E-state index in [0.717, 1.165) is 56.3 Å². The number of aliphatic carboxylic acids is 1. The number of carbonyl (C=O) groups is 2. The van der Waals surface area contributed by atoms with E-state index in [1.165, 1.54) is 50.8 Å². The molecule has 4 fully saturated rings. The van der Waals surface area contributed by atoms with Crippen LogP contribution in [0.25, 0.3) is 0 Å². The molecule has 1 amide bonds. The zero-order chi connectivity index (χ0) is 26.1. The van der Waals surface area contributed by atoms with Crippen LogP contribution in [0.1, 0.15) is 64.7 Å². The van der Waals surface area contributed by atoms with E-state index in [0.29, 0.717) is 11.9 Å². The van der Waals surface area contributed by atoms with Crippen LogP contribution in [-0.4, -0.2) is 66.3 Å². The van der Waals surface area contributed by atoms with Crippen LogP contribution in [0.5, 0.6) is 0 Å². The van der Waals surface area contributed by atoms with Gasteiger partial charge in [-0.05, 0) is 70.2 Å². The van der Waals surface area contributed by atoms with Crippen molar-refractivity contribution in [3.05, 3.63) is 18.2 Å². The molecule has 0 unspecified atom stereocenters. The highest BCUT2D eigenvalue weighted by molar-refractivity contribution is 6.02. The van der Waals surface area contributed by atoms with Gasteiger partial charge >= 0.3 is 12.1 Å². The molecule has 3 saturated heterocycles. The maximum atomic E-state index is 13.3. The van der Waals surface area contributed by atoms with E-state index in [-0.39, 0.29) is 5.41 Å². The number of carboxylic acid groups (broad SMARTS) is 1. The molecular weight excluding hydrogens is 473 g/mol. The first-order chi connectivity index (χ1) is 17.0. The first-order valence-corrected chi connectivity index (χ1v) is 13.0. The van der Waals surface area contributed by atoms with Crippen LogP contribution in [0, 0.1) is 5.41 Å². The summed E-state index contributed by atoms with van der Waals surface area (Å²) in [4.78, 5) is 29.3. The van der Waals surface area contributed by atoms with Crippen molar-refractivity contribution < 1.29 is 27.9 Å². The molecule has 4 aliphatic rings. The van der Waals surface area contributed by atoms with Crippen molar-refractivity contribution in [1.82, 2.24) is 4.90 Å². The Morgan fingerprint density at radius 3 is 2.33 bits per heavy atom. The van der Waals surface area contributed by atoms with Gasteiger partial charge in [0.25, 0.3) is 0 Å². The molecule has 36 heavy (non-hydrogen) atoms. The number of rotatable bonds is 3. The van der Waals surface area contributed by atoms with E-state index >= 15 is 0 Å². The Bertz CT molecular complexity index is 964. The largest absolute Gasteiger partial charge is 0.490 e. The van der Waals surface area contributed by atoms with Gasteiger partial charge in [0.05, 0.1) is 16.8 Å². The summed E-state index contributed by atoms with van der Waals surface area (Å²) in [6.45, 7) is 6.63. The minimum absolute atomic E-state index is 0.0992. The molecule has 2 atom stereocenters. The molecule has 0 aromatic heterocycles. The Balaban J connectivity index is 0.000000384. The van der Waals surface area contributed by atoms with Gasteiger partial charge in [0.1, 0.15) is 0 Å². The molecule has 0 radical (unpaired) electrons. The summed E-state index contributed by atoms with van der Waals surface area (Å²) in [6.07, 6.45) is 5.61. The molecule has 200 valence electrons. The average Bonchev–Trinajstić information content (AvgIpc) is 3.55. The maximum absolute atomic E-state index is 13.3. The number of likely N-dealkylation sites (tertiary alicyclic amines) is 1. The molecule has 1 saturated carbocycles. The second-order valence-electron chi connectivity index (χ2n) is 10.7. The fraction of sp³-hybridized carbons (Fsp3) is 0.692. The van der Waals surface area contributed by atoms with Crippen molar-refractivity contribution in [1.29, 1.82) is 0 Å². The van der Waals surface area contributed by atoms with Gasteiger partial charge in [-0.25, -0.2) is 4.79 Å². The molecule has 3 heterocycles. The summed E-state index contributed by atoms with van der Waals surface area (Å²) >= 11 is 0. The molecule has 0 bridgehead atoms. The maximum Gasteiger partial charge on any atom is 0.490 e. The lowest BCUT2D eigenvalue weighted by molar-refractivity contribution is -0.192. The lowest BCUT2D eigenvalue weighted by Crippen LogP contribution is -2.39. The number of carboxylic acids is 1. The van der Waals surface area contributed by atoms with Gasteiger partial charge in [-0.2, -0.15) is 13.2 Å². The van der Waals surface area contributed by atoms with Crippen LogP contribution in [0.3, 0.4) is 0 Å². The van der Waals surface area contributed by atoms with Crippen molar-refractivity contribution in [3.8, 4) is 0 Å². The SMILES string of the molecule is C[C@H]1CCCN1[C@@H]1CCN(c2ccc(N3CCC4(CCCCC4)C3=O)c(N)c2)C1.O=C(O)C(F)(F)F. The molecule has 1 spiro atoms. The normalized spacial score (nSPS) is 26.4. The quantitative estimate of drug-likeness (QED) is 0.576. The number of benzene rings is 1. The standard InChI is InChI=1S/C24H36N4O.C2HF3O2/c1-18-6-5-13-27(18)20-9-14-26(17-20)19-7-8-22(21(25)16-19)28-15-12-24(23(28)29)10-3-2-4-11-24;3-2(4,5)1(6)7/h7-8,16,18,20H,2-6,9-15,17,25H2,1H3;(H,6,7)/t18-,20+;/m0./s1. The highest BCUT2D eigenvalue weighted by Crippen LogP contribution is 2.47. The van der Waals surface area contributed by atoms with Crippen LogP contribution < -0.4 is 15.5 Å². The molecule has 1 aliphatic carbocycles. The third kappa shape index (κ3) is 5.43. The number of hydrogen-bond donors (Lipinski definition) is 2. The Kier molecular flexibility index (Phi) is 7.73. The fourth-order valence-corrected chi connectivity index (χ4v) is 6.47. The van der Waals surface area contributed by atoms with Crippen molar-refractivity contribution in [2.24, 2.45) is 5.41 Å². The predicted octanol–water partition coefficient (Wildman–Crippen LogP) is 4.65. The van der Waals surface area contributed by atoms with Crippen molar-refractivity contribution >= 4 is 28.9 Å². The number of carbonyl (C=O) groups excluding carboxylic acids is 1. The second-order valence-corrected chi connectivity index (χ2v) is 10.7. The van der Waals surface area contributed by atoms with E-state index < -0.39 is 12.1 Å². The van der Waals surface area contributed by atoms with Gasteiger partial charge in [-0.15, -0.1) is 0 Å². The van der Waals surface area contributed by atoms with Gasteiger partial charge < -0.3 is 20.6 Å². The molecule has 1 aromatic rings. The van der Waals surface area contributed by atoms with E-state index in [4.69, 9.17) is 15.6 Å². The predicted molar refractivity (Wildman–Crippen MR) is 133 cm³/mol. The summed E-state index contributed by atoms with van der Waals surface area (Å²) in [7, 11) is 0. The van der Waals surface area contributed by atoms with Crippen molar-refractivity contribution in [2.45, 2.75) is 83.0 Å². The summed E-state index contributed by atoms with van der Waals surface area (Å²) < 4.78 is 31.7. The first-order valence-electron chi connectivity index (χ1n) is 13.0. The van der Waals surface area contributed by atoms with E-state index in [1.54, 1.807) is 0 Å². The number of nitrogen functional groups attached to an aromatic ring is 1. The van der Waals surface area contributed by atoms with Gasteiger partial charge in [0, 0.05) is 37.4 Å². The Morgan fingerprint density at radius 1 is 1.06 bits per heavy atom. The number of halogens is 3.